The van der Waals surface area contributed by atoms with Crippen molar-refractivity contribution in [2.45, 2.75) is 19.1 Å². The number of aromatic nitrogens is 2. The third-order valence-electron chi connectivity index (χ3n) is 2.27. The van der Waals surface area contributed by atoms with Gasteiger partial charge < -0.3 is 10.1 Å². The molecule has 1 saturated heterocycles. The van der Waals surface area contributed by atoms with Gasteiger partial charge in [0.1, 0.15) is 5.15 Å². The SMILES string of the molecule is Cl.Clc1ncc(CO[C@@H]2CCNC2)c(Cl)n1. The quantitative estimate of drug-likeness (QED) is 0.682. The summed E-state index contributed by atoms with van der Waals surface area (Å²) in [5, 5.41) is 3.74. The summed E-state index contributed by atoms with van der Waals surface area (Å²) in [5.41, 5.74) is 0.771. The van der Waals surface area contributed by atoms with Gasteiger partial charge >= 0.3 is 0 Å². The van der Waals surface area contributed by atoms with E-state index in [1.54, 1.807) is 6.20 Å². The van der Waals surface area contributed by atoms with E-state index in [1.807, 2.05) is 0 Å². The van der Waals surface area contributed by atoms with Crippen LogP contribution in [0.2, 0.25) is 10.4 Å². The van der Waals surface area contributed by atoms with Gasteiger partial charge in [0, 0.05) is 18.3 Å². The summed E-state index contributed by atoms with van der Waals surface area (Å²) in [5.74, 6) is 0. The highest BCUT2D eigenvalue weighted by Gasteiger charge is 2.15. The molecule has 1 aliphatic rings. The lowest BCUT2D eigenvalue weighted by Crippen LogP contribution is -2.16. The summed E-state index contributed by atoms with van der Waals surface area (Å²) in [4.78, 5) is 7.70. The van der Waals surface area contributed by atoms with Gasteiger partial charge in [-0.3, -0.25) is 0 Å². The molecule has 4 nitrogen and oxygen atoms in total. The molecule has 0 amide bonds. The van der Waals surface area contributed by atoms with Gasteiger partial charge in [0.25, 0.3) is 0 Å². The van der Waals surface area contributed by atoms with Crippen molar-refractivity contribution in [3.63, 3.8) is 0 Å². The summed E-state index contributed by atoms with van der Waals surface area (Å²) in [6, 6.07) is 0. The molecule has 0 spiro atoms. The van der Waals surface area contributed by atoms with Crippen molar-refractivity contribution in [1.82, 2.24) is 15.3 Å². The molecular weight excluding hydrogens is 272 g/mol. The monoisotopic (exact) mass is 283 g/mol. The fraction of sp³-hybridized carbons (Fsp3) is 0.556. The van der Waals surface area contributed by atoms with Gasteiger partial charge in [-0.25, -0.2) is 9.97 Å². The second kappa shape index (κ2) is 6.57. The number of rotatable bonds is 3. The zero-order valence-electron chi connectivity index (χ0n) is 8.45. The van der Waals surface area contributed by atoms with E-state index < -0.39 is 0 Å². The fourth-order valence-corrected chi connectivity index (χ4v) is 1.80. The van der Waals surface area contributed by atoms with Crippen LogP contribution in [0.3, 0.4) is 0 Å². The van der Waals surface area contributed by atoms with E-state index in [1.165, 1.54) is 0 Å². The van der Waals surface area contributed by atoms with Crippen LogP contribution in [-0.4, -0.2) is 29.2 Å². The number of nitrogens with zero attached hydrogens (tertiary/aromatic N) is 2. The molecular formula is C9H12Cl3N3O. The Morgan fingerprint density at radius 3 is 2.94 bits per heavy atom. The van der Waals surface area contributed by atoms with E-state index in [-0.39, 0.29) is 23.8 Å². The van der Waals surface area contributed by atoms with Gasteiger partial charge in [0.05, 0.1) is 12.7 Å². The van der Waals surface area contributed by atoms with Crippen LogP contribution in [0.25, 0.3) is 0 Å². The predicted octanol–water partition coefficient (Wildman–Crippen LogP) is 2.08. The van der Waals surface area contributed by atoms with Crippen molar-refractivity contribution in [2.75, 3.05) is 13.1 Å². The molecule has 2 rings (SSSR count). The molecule has 1 fully saturated rings. The maximum absolute atomic E-state index is 5.88. The van der Waals surface area contributed by atoms with E-state index in [4.69, 9.17) is 27.9 Å². The molecule has 0 unspecified atom stereocenters. The highest BCUT2D eigenvalue weighted by Crippen LogP contribution is 2.16. The number of hydrogen-bond acceptors (Lipinski definition) is 4. The minimum Gasteiger partial charge on any atom is -0.372 e. The van der Waals surface area contributed by atoms with Crippen LogP contribution >= 0.6 is 35.6 Å². The van der Waals surface area contributed by atoms with Crippen LogP contribution in [0.15, 0.2) is 6.20 Å². The number of hydrogen-bond donors (Lipinski definition) is 1. The topological polar surface area (TPSA) is 47.0 Å². The third-order valence-corrected chi connectivity index (χ3v) is 2.78. The fourth-order valence-electron chi connectivity index (χ4n) is 1.44. The zero-order valence-corrected chi connectivity index (χ0v) is 10.8. The van der Waals surface area contributed by atoms with E-state index >= 15 is 0 Å². The molecule has 0 bridgehead atoms. The minimum atomic E-state index is 0. The maximum Gasteiger partial charge on any atom is 0.223 e. The van der Waals surface area contributed by atoms with Crippen molar-refractivity contribution in [3.05, 3.63) is 22.2 Å². The van der Waals surface area contributed by atoms with Crippen LogP contribution in [-0.2, 0) is 11.3 Å². The average molecular weight is 285 g/mol. The van der Waals surface area contributed by atoms with Crippen LogP contribution in [0, 0.1) is 0 Å². The standard InChI is InChI=1S/C9H11Cl2N3O.ClH/c10-8-6(3-13-9(11)14-8)5-15-7-1-2-12-4-7;/h3,7,12H,1-2,4-5H2;1H/t7-;/m1./s1. The van der Waals surface area contributed by atoms with Crippen molar-refractivity contribution in [2.24, 2.45) is 0 Å². The molecule has 1 N–H and O–H groups in total. The smallest absolute Gasteiger partial charge is 0.223 e. The summed E-state index contributed by atoms with van der Waals surface area (Å²) < 4.78 is 5.64. The first-order valence-corrected chi connectivity index (χ1v) is 5.50. The lowest BCUT2D eigenvalue weighted by molar-refractivity contribution is 0.0539. The molecule has 0 saturated carbocycles. The molecule has 7 heteroatoms. The first kappa shape index (κ1) is 13.9. The minimum absolute atomic E-state index is 0. The number of nitrogens with one attached hydrogen (secondary N) is 1. The van der Waals surface area contributed by atoms with Crippen molar-refractivity contribution in [1.29, 1.82) is 0 Å². The Balaban J connectivity index is 0.00000128. The first-order valence-electron chi connectivity index (χ1n) is 4.75. The highest BCUT2D eigenvalue weighted by molar-refractivity contribution is 6.32. The van der Waals surface area contributed by atoms with Gasteiger partial charge in [-0.15, -0.1) is 12.4 Å². The lowest BCUT2D eigenvalue weighted by atomic mass is 10.3. The van der Waals surface area contributed by atoms with E-state index in [0.717, 1.165) is 25.1 Å². The van der Waals surface area contributed by atoms with E-state index in [0.29, 0.717) is 11.8 Å². The molecule has 0 aliphatic carbocycles. The van der Waals surface area contributed by atoms with Gasteiger partial charge in [0.15, 0.2) is 0 Å². The van der Waals surface area contributed by atoms with Gasteiger partial charge in [-0.05, 0) is 24.6 Å². The zero-order chi connectivity index (χ0) is 10.7. The van der Waals surface area contributed by atoms with Crippen molar-refractivity contribution in [3.8, 4) is 0 Å². The van der Waals surface area contributed by atoms with Gasteiger partial charge in [-0.2, -0.15) is 0 Å². The molecule has 1 aromatic rings. The first-order chi connectivity index (χ1) is 7.25. The Hall–Kier alpha value is -0.130. The van der Waals surface area contributed by atoms with Crippen molar-refractivity contribution >= 4 is 35.6 Å². The molecule has 1 aliphatic heterocycles. The molecule has 0 radical (unpaired) electrons. The largest absolute Gasteiger partial charge is 0.372 e. The van der Waals surface area contributed by atoms with E-state index in [9.17, 15) is 0 Å². The Morgan fingerprint density at radius 2 is 2.31 bits per heavy atom. The van der Waals surface area contributed by atoms with Gasteiger partial charge in [-0.1, -0.05) is 11.6 Å². The average Bonchev–Trinajstić information content (AvgIpc) is 2.69. The molecule has 1 aromatic heterocycles. The maximum atomic E-state index is 5.88. The van der Waals surface area contributed by atoms with E-state index in [2.05, 4.69) is 15.3 Å². The summed E-state index contributed by atoms with van der Waals surface area (Å²) in [6.07, 6.45) is 2.89. The van der Waals surface area contributed by atoms with Gasteiger partial charge in [0.2, 0.25) is 5.28 Å². The Kier molecular flexibility index (Phi) is 5.72. The van der Waals surface area contributed by atoms with Crippen molar-refractivity contribution < 1.29 is 4.74 Å². The second-order valence-electron chi connectivity index (χ2n) is 3.38. The molecule has 2 heterocycles. The Bertz CT molecular complexity index is 345. The van der Waals surface area contributed by atoms with Crippen LogP contribution < -0.4 is 5.32 Å². The predicted molar refractivity (Wildman–Crippen MR) is 65.4 cm³/mol. The second-order valence-corrected chi connectivity index (χ2v) is 4.08. The number of halogens is 3. The molecule has 0 aromatic carbocycles. The highest BCUT2D eigenvalue weighted by atomic mass is 35.5. The third kappa shape index (κ3) is 3.71. The van der Waals surface area contributed by atoms with Crippen LogP contribution in [0.1, 0.15) is 12.0 Å². The van der Waals surface area contributed by atoms with Crippen LogP contribution in [0.5, 0.6) is 0 Å². The molecule has 1 atom stereocenters. The molecule has 90 valence electrons. The Morgan fingerprint density at radius 1 is 1.50 bits per heavy atom. The lowest BCUT2D eigenvalue weighted by Gasteiger charge is -2.10. The number of ether oxygens (including phenoxy) is 1. The summed E-state index contributed by atoms with van der Waals surface area (Å²) in [7, 11) is 0. The Labute approximate surface area is 110 Å². The summed E-state index contributed by atoms with van der Waals surface area (Å²) in [6.45, 7) is 2.34. The summed E-state index contributed by atoms with van der Waals surface area (Å²) >= 11 is 11.5. The van der Waals surface area contributed by atoms with Crippen LogP contribution in [0.4, 0.5) is 0 Å². The normalized spacial score (nSPS) is 19.5. The molecule has 16 heavy (non-hydrogen) atoms.